The van der Waals surface area contributed by atoms with Crippen LogP contribution in [0.4, 0.5) is 0 Å². The molecule has 0 radical (unpaired) electrons. The van der Waals surface area contributed by atoms with E-state index in [4.69, 9.17) is 0 Å². The summed E-state index contributed by atoms with van der Waals surface area (Å²) in [5.41, 5.74) is 2.78. The lowest BCUT2D eigenvalue weighted by molar-refractivity contribution is 0.426. The summed E-state index contributed by atoms with van der Waals surface area (Å²) in [7, 11) is 0. The first-order chi connectivity index (χ1) is 9.69. The largest absolute Gasteiger partial charge is 0.305 e. The van der Waals surface area contributed by atoms with Gasteiger partial charge in [-0.2, -0.15) is 0 Å². The van der Waals surface area contributed by atoms with Crippen molar-refractivity contribution in [2.45, 2.75) is 52.1 Å². The summed E-state index contributed by atoms with van der Waals surface area (Å²) in [5.74, 6) is 0. The molecule has 0 aliphatic carbocycles. The van der Waals surface area contributed by atoms with Crippen LogP contribution in [-0.2, 0) is 6.42 Å². The lowest BCUT2D eigenvalue weighted by atomic mass is 10.0. The van der Waals surface area contributed by atoms with Gasteiger partial charge in [0.05, 0.1) is 6.04 Å². The summed E-state index contributed by atoms with van der Waals surface area (Å²) in [6.45, 7) is 6.64. The van der Waals surface area contributed by atoms with E-state index >= 15 is 0 Å². The standard InChI is InChI=1S/C17H24N2S/c1-4-16(17-18-10-11-20-17)19-14(3)8-9-15-7-5-6-13(2)12-15/h5-7,10-12,14,16,19H,4,8-9H2,1-3H3. The molecule has 2 unspecified atom stereocenters. The smallest absolute Gasteiger partial charge is 0.109 e. The Morgan fingerprint density at radius 3 is 2.85 bits per heavy atom. The number of nitrogens with one attached hydrogen (secondary N) is 1. The highest BCUT2D eigenvalue weighted by Crippen LogP contribution is 2.20. The summed E-state index contributed by atoms with van der Waals surface area (Å²) in [6.07, 6.45) is 5.26. The van der Waals surface area contributed by atoms with Gasteiger partial charge in [0.2, 0.25) is 0 Å². The van der Waals surface area contributed by atoms with E-state index in [2.05, 4.69) is 60.7 Å². The Balaban J connectivity index is 1.84. The highest BCUT2D eigenvalue weighted by Gasteiger charge is 2.14. The van der Waals surface area contributed by atoms with Crippen molar-refractivity contribution in [3.05, 3.63) is 52.0 Å². The van der Waals surface area contributed by atoms with Gasteiger partial charge in [0, 0.05) is 17.6 Å². The van der Waals surface area contributed by atoms with Crippen molar-refractivity contribution in [3.63, 3.8) is 0 Å². The fraction of sp³-hybridized carbons (Fsp3) is 0.471. The Kier molecular flexibility index (Phi) is 5.74. The second-order valence-corrected chi connectivity index (χ2v) is 6.35. The summed E-state index contributed by atoms with van der Waals surface area (Å²) >= 11 is 1.74. The minimum absolute atomic E-state index is 0.391. The molecule has 1 aromatic carbocycles. The molecule has 0 aliphatic rings. The van der Waals surface area contributed by atoms with Gasteiger partial charge in [-0.3, -0.25) is 0 Å². The van der Waals surface area contributed by atoms with Crippen molar-refractivity contribution in [1.29, 1.82) is 0 Å². The average Bonchev–Trinajstić information content (AvgIpc) is 2.96. The number of thiazole rings is 1. The Labute approximate surface area is 126 Å². The van der Waals surface area contributed by atoms with Gasteiger partial charge in [-0.1, -0.05) is 36.8 Å². The number of aromatic nitrogens is 1. The Morgan fingerprint density at radius 1 is 1.35 bits per heavy atom. The predicted molar refractivity (Wildman–Crippen MR) is 87.2 cm³/mol. The van der Waals surface area contributed by atoms with Crippen molar-refractivity contribution >= 4 is 11.3 Å². The molecular formula is C17H24N2S. The summed E-state index contributed by atoms with van der Waals surface area (Å²) in [4.78, 5) is 4.43. The van der Waals surface area contributed by atoms with Gasteiger partial charge in [-0.15, -0.1) is 11.3 Å². The molecule has 0 fully saturated rings. The molecule has 0 spiro atoms. The third kappa shape index (κ3) is 4.43. The van der Waals surface area contributed by atoms with Crippen LogP contribution >= 0.6 is 11.3 Å². The lowest BCUT2D eigenvalue weighted by Gasteiger charge is -2.20. The molecule has 0 bridgehead atoms. The third-order valence-electron chi connectivity index (χ3n) is 3.59. The summed E-state index contributed by atoms with van der Waals surface area (Å²) < 4.78 is 0. The highest BCUT2D eigenvalue weighted by molar-refractivity contribution is 7.09. The zero-order valence-electron chi connectivity index (χ0n) is 12.6. The number of benzene rings is 1. The Bertz CT molecular complexity index is 507. The average molecular weight is 288 g/mol. The minimum atomic E-state index is 0.391. The van der Waals surface area contributed by atoms with Gasteiger partial charge >= 0.3 is 0 Å². The summed E-state index contributed by atoms with van der Waals surface area (Å²) in [6, 6.07) is 9.70. The van der Waals surface area contributed by atoms with Crippen LogP contribution in [0.1, 0.15) is 48.9 Å². The van der Waals surface area contributed by atoms with Crippen molar-refractivity contribution < 1.29 is 0 Å². The van der Waals surface area contributed by atoms with Crippen LogP contribution < -0.4 is 5.32 Å². The topological polar surface area (TPSA) is 24.9 Å². The van der Waals surface area contributed by atoms with E-state index < -0.39 is 0 Å². The molecule has 0 amide bonds. The first-order valence-electron chi connectivity index (χ1n) is 7.40. The fourth-order valence-electron chi connectivity index (χ4n) is 2.45. The minimum Gasteiger partial charge on any atom is -0.305 e. The molecule has 108 valence electrons. The molecule has 3 heteroatoms. The molecule has 2 nitrogen and oxygen atoms in total. The molecule has 1 aromatic heterocycles. The van der Waals surface area contributed by atoms with Gasteiger partial charge < -0.3 is 5.32 Å². The normalized spacial score (nSPS) is 14.2. The van der Waals surface area contributed by atoms with E-state index in [0.717, 1.165) is 19.3 Å². The van der Waals surface area contributed by atoms with Crippen molar-refractivity contribution in [3.8, 4) is 0 Å². The maximum absolute atomic E-state index is 4.43. The third-order valence-corrected chi connectivity index (χ3v) is 4.48. The van der Waals surface area contributed by atoms with E-state index in [0.29, 0.717) is 12.1 Å². The number of aryl methyl sites for hydroxylation is 2. The number of rotatable bonds is 7. The van der Waals surface area contributed by atoms with Gasteiger partial charge in [0.1, 0.15) is 5.01 Å². The van der Waals surface area contributed by atoms with E-state index in [9.17, 15) is 0 Å². The Hall–Kier alpha value is -1.19. The summed E-state index contributed by atoms with van der Waals surface area (Å²) in [5, 5.41) is 6.96. The van der Waals surface area contributed by atoms with Crippen LogP contribution in [-0.4, -0.2) is 11.0 Å². The predicted octanol–water partition coefficient (Wildman–Crippen LogP) is 4.51. The van der Waals surface area contributed by atoms with E-state index in [-0.39, 0.29) is 0 Å². The fourth-order valence-corrected chi connectivity index (χ4v) is 3.23. The van der Waals surface area contributed by atoms with Gasteiger partial charge in [0.25, 0.3) is 0 Å². The van der Waals surface area contributed by atoms with Crippen molar-refractivity contribution in [2.24, 2.45) is 0 Å². The highest BCUT2D eigenvalue weighted by atomic mass is 32.1. The molecule has 20 heavy (non-hydrogen) atoms. The maximum atomic E-state index is 4.43. The number of hydrogen-bond donors (Lipinski definition) is 1. The zero-order chi connectivity index (χ0) is 14.4. The zero-order valence-corrected chi connectivity index (χ0v) is 13.4. The molecule has 0 aliphatic heterocycles. The van der Waals surface area contributed by atoms with E-state index in [1.165, 1.54) is 16.1 Å². The molecular weight excluding hydrogens is 264 g/mol. The molecule has 1 heterocycles. The molecule has 2 atom stereocenters. The Morgan fingerprint density at radius 2 is 2.20 bits per heavy atom. The van der Waals surface area contributed by atoms with Crippen LogP contribution in [0, 0.1) is 6.92 Å². The van der Waals surface area contributed by atoms with Crippen molar-refractivity contribution in [2.75, 3.05) is 0 Å². The van der Waals surface area contributed by atoms with Gasteiger partial charge in [0.15, 0.2) is 0 Å². The molecule has 2 aromatic rings. The van der Waals surface area contributed by atoms with Gasteiger partial charge in [-0.25, -0.2) is 4.98 Å². The first-order valence-corrected chi connectivity index (χ1v) is 8.28. The SMILES string of the molecule is CCC(NC(C)CCc1cccc(C)c1)c1nccs1. The molecule has 2 rings (SSSR count). The number of nitrogens with zero attached hydrogens (tertiary/aromatic N) is 1. The monoisotopic (exact) mass is 288 g/mol. The van der Waals surface area contributed by atoms with E-state index in [1.54, 1.807) is 11.3 Å². The maximum Gasteiger partial charge on any atom is 0.109 e. The number of hydrogen-bond acceptors (Lipinski definition) is 3. The van der Waals surface area contributed by atoms with Crippen LogP contribution in [0.5, 0.6) is 0 Å². The van der Waals surface area contributed by atoms with Crippen LogP contribution in [0.15, 0.2) is 35.8 Å². The molecule has 1 N–H and O–H groups in total. The molecule has 0 saturated heterocycles. The van der Waals surface area contributed by atoms with E-state index in [1.807, 2.05) is 6.20 Å². The first kappa shape index (κ1) is 15.2. The quantitative estimate of drug-likeness (QED) is 0.810. The molecule has 0 saturated carbocycles. The van der Waals surface area contributed by atoms with Crippen LogP contribution in [0.25, 0.3) is 0 Å². The van der Waals surface area contributed by atoms with Gasteiger partial charge in [-0.05, 0) is 38.7 Å². The second-order valence-electron chi connectivity index (χ2n) is 5.43. The van der Waals surface area contributed by atoms with Crippen LogP contribution in [0.2, 0.25) is 0 Å². The second kappa shape index (κ2) is 7.55. The van der Waals surface area contributed by atoms with Crippen molar-refractivity contribution in [1.82, 2.24) is 10.3 Å². The lowest BCUT2D eigenvalue weighted by Crippen LogP contribution is -2.30. The van der Waals surface area contributed by atoms with Crippen LogP contribution in [0.3, 0.4) is 0 Å².